The fourth-order valence-corrected chi connectivity index (χ4v) is 2.57. The third kappa shape index (κ3) is 5.58. The normalized spacial score (nSPS) is 25.4. The Morgan fingerprint density at radius 2 is 2.00 bits per heavy atom. The number of ether oxygens (including phenoxy) is 2. The first-order valence-corrected chi connectivity index (χ1v) is 8.82. The van der Waals surface area contributed by atoms with Gasteiger partial charge in [-0.3, -0.25) is 19.0 Å². The molecule has 0 radical (unpaired) electrons. The monoisotopic (exact) mass is 429 g/mol. The van der Waals surface area contributed by atoms with E-state index in [-0.39, 0.29) is 5.82 Å². The molecule has 2 unspecified atom stereocenters. The SMILES string of the molecule is C[C@H](N)C(=O)OC[C@H]1O[C@@H](n2ccc(NC(=O)[C@@H](N)CC(=O)O)nc2=O)C(O)C1O. The van der Waals surface area contributed by atoms with Gasteiger partial charge in [0.1, 0.15) is 36.8 Å². The summed E-state index contributed by atoms with van der Waals surface area (Å²) in [6.07, 6.45) is -4.92. The number of esters is 1. The zero-order valence-corrected chi connectivity index (χ0v) is 15.9. The lowest BCUT2D eigenvalue weighted by Gasteiger charge is -2.17. The number of nitrogens with zero attached hydrogens (tertiary/aromatic N) is 2. The minimum Gasteiger partial charge on any atom is -0.481 e. The zero-order valence-electron chi connectivity index (χ0n) is 15.9. The molecule has 1 aliphatic rings. The summed E-state index contributed by atoms with van der Waals surface area (Å²) in [5.74, 6) is -3.06. The quantitative estimate of drug-likeness (QED) is 0.221. The first-order chi connectivity index (χ1) is 14.0. The number of aromatic nitrogens is 2. The number of aliphatic hydroxyl groups is 2. The standard InChI is InChI=1S/C16H23N5O9/c1-6(17)15(27)29-5-8-11(24)12(25)14(30-8)21-3-2-9(20-16(21)28)19-13(26)7(18)4-10(22)23/h2-3,6-8,11-12,14,24-25H,4-5,17-18H2,1H3,(H,22,23)(H,19,20,26,28)/t6-,7-,8+,11?,12?,14+/m0/s1. The van der Waals surface area contributed by atoms with Crippen LogP contribution in [0.1, 0.15) is 19.6 Å². The molecule has 30 heavy (non-hydrogen) atoms. The Hall–Kier alpha value is -2.91. The van der Waals surface area contributed by atoms with Crippen LogP contribution >= 0.6 is 0 Å². The van der Waals surface area contributed by atoms with Gasteiger partial charge in [-0.25, -0.2) is 4.79 Å². The van der Waals surface area contributed by atoms with Gasteiger partial charge in [0.2, 0.25) is 5.91 Å². The van der Waals surface area contributed by atoms with Gasteiger partial charge in [0.15, 0.2) is 6.23 Å². The average molecular weight is 429 g/mol. The summed E-state index contributed by atoms with van der Waals surface area (Å²) in [6, 6.07) is -1.04. The van der Waals surface area contributed by atoms with Crippen LogP contribution in [0.2, 0.25) is 0 Å². The maximum atomic E-state index is 12.3. The number of hydrogen-bond donors (Lipinski definition) is 6. The molecular formula is C16H23N5O9. The van der Waals surface area contributed by atoms with Gasteiger partial charge in [-0.1, -0.05) is 0 Å². The first kappa shape index (κ1) is 23.4. The Bertz CT molecular complexity index is 858. The summed E-state index contributed by atoms with van der Waals surface area (Å²) < 4.78 is 11.2. The average Bonchev–Trinajstić information content (AvgIpc) is 2.93. The van der Waals surface area contributed by atoms with E-state index < -0.39 is 73.2 Å². The van der Waals surface area contributed by atoms with Crippen LogP contribution in [-0.2, 0) is 23.9 Å². The lowest BCUT2D eigenvalue weighted by molar-refractivity contribution is -0.151. The van der Waals surface area contributed by atoms with Crippen molar-refractivity contribution in [2.75, 3.05) is 11.9 Å². The maximum Gasteiger partial charge on any atom is 0.351 e. The molecule has 1 aliphatic heterocycles. The van der Waals surface area contributed by atoms with E-state index in [0.717, 1.165) is 10.8 Å². The van der Waals surface area contributed by atoms with Gasteiger partial charge in [0.05, 0.1) is 12.5 Å². The highest BCUT2D eigenvalue weighted by Crippen LogP contribution is 2.28. The molecule has 8 N–H and O–H groups in total. The van der Waals surface area contributed by atoms with Crippen LogP contribution in [0, 0.1) is 0 Å². The Morgan fingerprint density at radius 3 is 2.57 bits per heavy atom. The first-order valence-electron chi connectivity index (χ1n) is 8.82. The largest absolute Gasteiger partial charge is 0.481 e. The lowest BCUT2D eigenvalue weighted by Crippen LogP contribution is -2.39. The molecule has 1 amide bonds. The molecule has 14 nitrogen and oxygen atoms in total. The van der Waals surface area contributed by atoms with Crippen LogP contribution in [0.15, 0.2) is 17.1 Å². The second-order valence-electron chi connectivity index (χ2n) is 6.66. The van der Waals surface area contributed by atoms with Crippen LogP contribution in [0.25, 0.3) is 0 Å². The van der Waals surface area contributed by atoms with Crippen molar-refractivity contribution in [1.29, 1.82) is 0 Å². The van der Waals surface area contributed by atoms with Crippen LogP contribution in [-0.4, -0.2) is 79.7 Å². The molecule has 0 spiro atoms. The van der Waals surface area contributed by atoms with Crippen molar-refractivity contribution in [1.82, 2.24) is 9.55 Å². The Kier molecular flexibility index (Phi) is 7.58. The van der Waals surface area contributed by atoms with Crippen molar-refractivity contribution in [3.05, 3.63) is 22.7 Å². The summed E-state index contributed by atoms with van der Waals surface area (Å²) in [4.78, 5) is 49.7. The molecule has 0 aliphatic carbocycles. The lowest BCUT2D eigenvalue weighted by atomic mass is 10.1. The highest BCUT2D eigenvalue weighted by molar-refractivity contribution is 5.95. The summed E-state index contributed by atoms with van der Waals surface area (Å²) in [6.45, 7) is 1.01. The van der Waals surface area contributed by atoms with Crippen molar-refractivity contribution in [3.8, 4) is 0 Å². The number of aliphatic hydroxyl groups excluding tert-OH is 2. The molecule has 0 bridgehead atoms. The predicted octanol–water partition coefficient (Wildman–Crippen LogP) is -3.51. The number of carbonyl (C=O) groups excluding carboxylic acids is 2. The third-order valence-electron chi connectivity index (χ3n) is 4.19. The van der Waals surface area contributed by atoms with Crippen molar-refractivity contribution >= 4 is 23.7 Å². The van der Waals surface area contributed by atoms with Gasteiger partial charge in [0.25, 0.3) is 0 Å². The number of carboxylic acids is 1. The minimum atomic E-state index is -1.53. The number of rotatable bonds is 8. The van der Waals surface area contributed by atoms with E-state index in [4.69, 9.17) is 26.0 Å². The van der Waals surface area contributed by atoms with Crippen molar-refractivity contribution in [3.63, 3.8) is 0 Å². The molecule has 0 saturated carbocycles. The summed E-state index contributed by atoms with van der Waals surface area (Å²) in [5, 5.41) is 31.1. The maximum absolute atomic E-state index is 12.3. The van der Waals surface area contributed by atoms with E-state index in [9.17, 15) is 29.4 Å². The zero-order chi connectivity index (χ0) is 22.6. The van der Waals surface area contributed by atoms with Crippen LogP contribution in [0.5, 0.6) is 0 Å². The fraction of sp³-hybridized carbons (Fsp3) is 0.562. The second kappa shape index (κ2) is 9.73. The van der Waals surface area contributed by atoms with Gasteiger partial charge < -0.3 is 41.6 Å². The third-order valence-corrected chi connectivity index (χ3v) is 4.19. The molecule has 1 fully saturated rings. The van der Waals surface area contributed by atoms with Gasteiger partial charge in [0, 0.05) is 6.20 Å². The summed E-state index contributed by atoms with van der Waals surface area (Å²) >= 11 is 0. The van der Waals surface area contributed by atoms with Gasteiger partial charge in [-0.15, -0.1) is 0 Å². The smallest absolute Gasteiger partial charge is 0.351 e. The van der Waals surface area contributed by atoms with Gasteiger partial charge >= 0.3 is 17.6 Å². The number of hydrogen-bond acceptors (Lipinski definition) is 11. The number of nitrogens with two attached hydrogens (primary N) is 2. The molecule has 1 aromatic heterocycles. The number of anilines is 1. The molecular weight excluding hydrogens is 406 g/mol. The molecule has 1 saturated heterocycles. The number of amides is 1. The molecule has 6 atom stereocenters. The van der Waals surface area contributed by atoms with E-state index in [1.54, 1.807) is 0 Å². The predicted molar refractivity (Wildman–Crippen MR) is 97.9 cm³/mol. The molecule has 166 valence electrons. The molecule has 0 aromatic carbocycles. The number of carboxylic acid groups (broad SMARTS) is 1. The van der Waals surface area contributed by atoms with Crippen LogP contribution in [0.3, 0.4) is 0 Å². The number of nitrogens with one attached hydrogen (secondary N) is 1. The Morgan fingerprint density at radius 1 is 1.33 bits per heavy atom. The van der Waals surface area contributed by atoms with Gasteiger partial charge in [-0.05, 0) is 13.0 Å². The van der Waals surface area contributed by atoms with Crippen molar-refractivity contribution in [2.45, 2.75) is 50.0 Å². The highest BCUT2D eigenvalue weighted by Gasteiger charge is 2.44. The topological polar surface area (TPSA) is 229 Å². The van der Waals surface area contributed by atoms with Crippen molar-refractivity contribution in [2.24, 2.45) is 11.5 Å². The van der Waals surface area contributed by atoms with Crippen molar-refractivity contribution < 1.29 is 39.2 Å². The Balaban J connectivity index is 2.07. The molecule has 2 rings (SSSR count). The Labute approximate surface area is 169 Å². The van der Waals surface area contributed by atoms with E-state index in [2.05, 4.69) is 10.3 Å². The van der Waals surface area contributed by atoms with E-state index >= 15 is 0 Å². The summed E-state index contributed by atoms with van der Waals surface area (Å²) in [5.41, 5.74) is 9.85. The number of aliphatic carboxylic acids is 1. The van der Waals surface area contributed by atoms with E-state index in [0.29, 0.717) is 0 Å². The number of carbonyl (C=O) groups is 3. The van der Waals surface area contributed by atoms with Crippen LogP contribution in [0.4, 0.5) is 5.82 Å². The van der Waals surface area contributed by atoms with E-state index in [1.807, 2.05) is 0 Å². The van der Waals surface area contributed by atoms with Crippen LogP contribution < -0.4 is 22.5 Å². The molecule has 2 heterocycles. The highest BCUT2D eigenvalue weighted by atomic mass is 16.6. The van der Waals surface area contributed by atoms with E-state index in [1.165, 1.54) is 13.0 Å². The van der Waals surface area contributed by atoms with Gasteiger partial charge in [-0.2, -0.15) is 4.98 Å². The summed E-state index contributed by atoms with van der Waals surface area (Å²) in [7, 11) is 0. The molecule has 1 aromatic rings. The fourth-order valence-electron chi connectivity index (χ4n) is 2.57. The second-order valence-corrected chi connectivity index (χ2v) is 6.66. The minimum absolute atomic E-state index is 0.197. The molecule has 14 heteroatoms.